The molecule has 1 aliphatic carbocycles. The highest BCUT2D eigenvalue weighted by Gasteiger charge is 2.48. The van der Waals surface area contributed by atoms with E-state index in [1.54, 1.807) is 6.07 Å². The molecule has 0 aliphatic heterocycles. The predicted octanol–water partition coefficient (Wildman–Crippen LogP) is 3.77. The van der Waals surface area contributed by atoms with E-state index in [2.05, 4.69) is 0 Å². The molecule has 0 spiro atoms. The summed E-state index contributed by atoms with van der Waals surface area (Å²) in [5.41, 5.74) is -0.795. The van der Waals surface area contributed by atoms with Crippen LogP contribution in [0.3, 0.4) is 0 Å². The van der Waals surface area contributed by atoms with E-state index in [-0.39, 0.29) is 17.2 Å². The Morgan fingerprint density at radius 2 is 2.00 bits per heavy atom. The lowest BCUT2D eigenvalue weighted by Gasteiger charge is -2.39. The number of hydrogen-bond acceptors (Lipinski definition) is 5. The van der Waals surface area contributed by atoms with Gasteiger partial charge in [0.2, 0.25) is 5.75 Å². The van der Waals surface area contributed by atoms with Crippen molar-refractivity contribution in [2.75, 3.05) is 7.11 Å². The molecule has 2 aromatic rings. The van der Waals surface area contributed by atoms with Gasteiger partial charge >= 0.3 is 11.7 Å². The Labute approximate surface area is 143 Å². The van der Waals surface area contributed by atoms with Crippen LogP contribution in [0.5, 0.6) is 11.5 Å². The zero-order valence-corrected chi connectivity index (χ0v) is 13.5. The summed E-state index contributed by atoms with van der Waals surface area (Å²) in [5, 5.41) is 11.2. The fourth-order valence-electron chi connectivity index (χ4n) is 2.98. The number of carbonyl (C=O) groups excluding carboxylic acids is 1. The molecule has 0 saturated heterocycles. The molecular formula is C18H16FNO5. The van der Waals surface area contributed by atoms with Crippen LogP contribution >= 0.6 is 0 Å². The van der Waals surface area contributed by atoms with Crippen molar-refractivity contribution in [3.63, 3.8) is 0 Å². The van der Waals surface area contributed by atoms with Crippen LogP contribution in [0.25, 0.3) is 0 Å². The highest BCUT2D eigenvalue weighted by Crippen LogP contribution is 2.45. The van der Waals surface area contributed by atoms with Gasteiger partial charge < -0.3 is 9.47 Å². The lowest BCUT2D eigenvalue weighted by molar-refractivity contribution is -0.385. The summed E-state index contributed by atoms with van der Waals surface area (Å²) in [7, 11) is 1.39. The minimum Gasteiger partial charge on any atom is -0.496 e. The maximum Gasteiger partial charge on any atom is 0.322 e. The van der Waals surface area contributed by atoms with Gasteiger partial charge in [-0.25, -0.2) is 4.39 Å². The highest BCUT2D eigenvalue weighted by atomic mass is 19.1. The molecule has 1 fully saturated rings. The van der Waals surface area contributed by atoms with Crippen molar-refractivity contribution in [3.8, 4) is 11.5 Å². The summed E-state index contributed by atoms with van der Waals surface area (Å²) in [5.74, 6) is -0.918. The van der Waals surface area contributed by atoms with Gasteiger partial charge in [-0.1, -0.05) is 18.6 Å². The van der Waals surface area contributed by atoms with Crippen molar-refractivity contribution >= 4 is 11.7 Å². The van der Waals surface area contributed by atoms with Crippen LogP contribution in [-0.4, -0.2) is 18.0 Å². The van der Waals surface area contributed by atoms with Crippen LogP contribution in [-0.2, 0) is 10.2 Å². The van der Waals surface area contributed by atoms with Crippen LogP contribution in [0.1, 0.15) is 24.8 Å². The Morgan fingerprint density at radius 1 is 1.24 bits per heavy atom. The van der Waals surface area contributed by atoms with Crippen LogP contribution in [0.4, 0.5) is 10.1 Å². The van der Waals surface area contributed by atoms with Gasteiger partial charge in [0, 0.05) is 0 Å². The minimum absolute atomic E-state index is 0.154. The first-order chi connectivity index (χ1) is 12.0. The predicted molar refractivity (Wildman–Crippen MR) is 87.2 cm³/mol. The highest BCUT2D eigenvalue weighted by molar-refractivity contribution is 5.87. The molecule has 0 N–H and O–H groups in total. The molecule has 2 aromatic carbocycles. The van der Waals surface area contributed by atoms with Crippen LogP contribution in [0.15, 0.2) is 42.5 Å². The lowest BCUT2D eigenvalue weighted by Crippen LogP contribution is -2.45. The molecule has 130 valence electrons. The molecular weight excluding hydrogens is 329 g/mol. The number of methoxy groups -OCH3 is 1. The molecule has 0 aromatic heterocycles. The first-order valence-corrected chi connectivity index (χ1v) is 7.77. The number of benzene rings is 2. The second kappa shape index (κ2) is 6.51. The van der Waals surface area contributed by atoms with Gasteiger partial charge in [0.15, 0.2) is 0 Å². The van der Waals surface area contributed by atoms with Crippen molar-refractivity contribution in [1.29, 1.82) is 0 Å². The number of halogens is 1. The van der Waals surface area contributed by atoms with E-state index in [0.717, 1.165) is 6.42 Å². The van der Waals surface area contributed by atoms with Crippen molar-refractivity contribution < 1.29 is 23.6 Å². The van der Waals surface area contributed by atoms with Gasteiger partial charge in [-0.3, -0.25) is 14.9 Å². The molecule has 1 aliphatic rings. The number of nitro groups is 1. The standard InChI is InChI=1S/C18H16FNO5/c1-24-14-6-7-16(15(11-14)20(22)23)25-17(21)18(8-3-9-18)12-4-2-5-13(19)10-12/h2,4-7,10-11H,3,8-9H2,1H3. The number of rotatable bonds is 5. The van der Waals surface area contributed by atoms with Gasteiger partial charge in [-0.05, 0) is 42.7 Å². The number of esters is 1. The molecule has 6 nitrogen and oxygen atoms in total. The van der Waals surface area contributed by atoms with E-state index in [9.17, 15) is 19.3 Å². The van der Waals surface area contributed by atoms with Crippen molar-refractivity contribution in [3.05, 3.63) is 64.0 Å². The number of hydrogen-bond donors (Lipinski definition) is 0. The molecule has 7 heteroatoms. The maximum absolute atomic E-state index is 13.5. The van der Waals surface area contributed by atoms with E-state index < -0.39 is 22.1 Å². The fourth-order valence-corrected chi connectivity index (χ4v) is 2.98. The van der Waals surface area contributed by atoms with Crippen LogP contribution in [0.2, 0.25) is 0 Å². The Balaban J connectivity index is 1.92. The summed E-state index contributed by atoms with van der Waals surface area (Å²) in [4.78, 5) is 23.3. The van der Waals surface area contributed by atoms with Gasteiger partial charge in [-0.15, -0.1) is 0 Å². The van der Waals surface area contributed by atoms with Crippen LogP contribution in [0, 0.1) is 15.9 Å². The molecule has 0 bridgehead atoms. The normalized spacial score (nSPS) is 15.1. The molecule has 0 radical (unpaired) electrons. The zero-order valence-electron chi connectivity index (χ0n) is 13.5. The van der Waals surface area contributed by atoms with E-state index in [1.807, 2.05) is 0 Å². The number of nitro benzene ring substituents is 1. The van der Waals surface area contributed by atoms with E-state index in [4.69, 9.17) is 9.47 Å². The zero-order chi connectivity index (χ0) is 18.0. The number of ether oxygens (including phenoxy) is 2. The van der Waals surface area contributed by atoms with Gasteiger partial charge in [0.05, 0.1) is 23.5 Å². The molecule has 25 heavy (non-hydrogen) atoms. The Hall–Kier alpha value is -2.96. The smallest absolute Gasteiger partial charge is 0.322 e. The third-order valence-corrected chi connectivity index (χ3v) is 4.54. The topological polar surface area (TPSA) is 78.7 Å². The van der Waals surface area contributed by atoms with Crippen molar-refractivity contribution in [2.45, 2.75) is 24.7 Å². The van der Waals surface area contributed by atoms with E-state index in [0.29, 0.717) is 18.4 Å². The third kappa shape index (κ3) is 3.05. The second-order valence-corrected chi connectivity index (χ2v) is 5.93. The molecule has 0 unspecified atom stereocenters. The Morgan fingerprint density at radius 3 is 2.56 bits per heavy atom. The number of carbonyl (C=O) groups is 1. The van der Waals surface area contributed by atoms with Gasteiger partial charge in [0.25, 0.3) is 0 Å². The summed E-state index contributed by atoms with van der Waals surface area (Å²) >= 11 is 0. The minimum atomic E-state index is -0.962. The maximum atomic E-state index is 13.5. The lowest BCUT2D eigenvalue weighted by atomic mass is 9.64. The molecule has 0 atom stereocenters. The van der Waals surface area contributed by atoms with E-state index >= 15 is 0 Å². The first-order valence-electron chi connectivity index (χ1n) is 7.77. The van der Waals surface area contributed by atoms with Gasteiger partial charge in [-0.2, -0.15) is 0 Å². The summed E-state index contributed by atoms with van der Waals surface area (Å²) in [6.45, 7) is 0. The van der Waals surface area contributed by atoms with Crippen molar-refractivity contribution in [1.82, 2.24) is 0 Å². The van der Waals surface area contributed by atoms with Gasteiger partial charge in [0.1, 0.15) is 11.6 Å². The largest absolute Gasteiger partial charge is 0.496 e. The summed E-state index contributed by atoms with van der Waals surface area (Å²) in [6.07, 6.45) is 1.83. The average molecular weight is 345 g/mol. The monoisotopic (exact) mass is 345 g/mol. The third-order valence-electron chi connectivity index (χ3n) is 4.54. The number of nitrogens with zero attached hydrogens (tertiary/aromatic N) is 1. The molecule has 0 heterocycles. The molecule has 3 rings (SSSR count). The van der Waals surface area contributed by atoms with Crippen molar-refractivity contribution in [2.24, 2.45) is 0 Å². The fraction of sp³-hybridized carbons (Fsp3) is 0.278. The summed E-state index contributed by atoms with van der Waals surface area (Å²) in [6, 6.07) is 9.81. The average Bonchev–Trinajstić information content (AvgIpc) is 2.54. The molecule has 0 amide bonds. The SMILES string of the molecule is COc1ccc(OC(=O)C2(c3cccc(F)c3)CCC2)c([N+](=O)[O-])c1. The van der Waals surface area contributed by atoms with E-state index in [1.165, 1.54) is 43.5 Å². The molecule has 1 saturated carbocycles. The second-order valence-electron chi connectivity index (χ2n) is 5.93. The Bertz CT molecular complexity index is 832. The summed E-state index contributed by atoms with van der Waals surface area (Å²) < 4.78 is 23.9. The van der Waals surface area contributed by atoms with Crippen LogP contribution < -0.4 is 9.47 Å². The first kappa shape index (κ1) is 16.9. The Kier molecular flexibility index (Phi) is 4.39. The quantitative estimate of drug-likeness (QED) is 0.357.